The molecule has 0 radical (unpaired) electrons. The van der Waals surface area contributed by atoms with E-state index in [1.807, 2.05) is 30.3 Å². The third-order valence-corrected chi connectivity index (χ3v) is 5.70. The van der Waals surface area contributed by atoms with Gasteiger partial charge in [-0.25, -0.2) is 0 Å². The number of fused-ring (bicyclic) bond motifs is 1. The van der Waals surface area contributed by atoms with Gasteiger partial charge in [-0.3, -0.25) is 4.99 Å². The molecule has 0 amide bonds. The average molecular weight is 345 g/mol. The fourth-order valence-electron chi connectivity index (χ4n) is 4.28. The number of aliphatic hydroxyl groups is 1. The molecule has 1 heterocycles. The van der Waals surface area contributed by atoms with Gasteiger partial charge in [0.05, 0.1) is 19.3 Å². The van der Waals surface area contributed by atoms with Gasteiger partial charge in [-0.05, 0) is 18.9 Å². The van der Waals surface area contributed by atoms with Gasteiger partial charge >= 0.3 is 0 Å². The van der Waals surface area contributed by atoms with Crippen molar-refractivity contribution in [3.63, 3.8) is 0 Å². The lowest BCUT2D eigenvalue weighted by atomic mass is 9.57. The van der Waals surface area contributed by atoms with Gasteiger partial charge in [-0.2, -0.15) is 0 Å². The number of ether oxygens (including phenoxy) is 1. The maximum atomic E-state index is 9.74. The van der Waals surface area contributed by atoms with Gasteiger partial charge < -0.3 is 20.5 Å². The summed E-state index contributed by atoms with van der Waals surface area (Å²) < 4.78 is 5.88. The highest BCUT2D eigenvalue weighted by atomic mass is 16.5. The van der Waals surface area contributed by atoms with E-state index in [0.29, 0.717) is 24.6 Å². The Hall–Kier alpha value is -1.59. The van der Waals surface area contributed by atoms with Crippen molar-refractivity contribution >= 4 is 5.96 Å². The minimum atomic E-state index is 0.0219. The number of rotatable bonds is 6. The molecule has 1 aliphatic heterocycles. The normalized spacial score (nSPS) is 28.8. The Labute approximate surface area is 150 Å². The van der Waals surface area contributed by atoms with Gasteiger partial charge in [0.1, 0.15) is 0 Å². The lowest BCUT2D eigenvalue weighted by Crippen LogP contribution is -2.68. The predicted octanol–water partition coefficient (Wildman–Crippen LogP) is 2.13. The molecule has 0 aromatic heterocycles. The van der Waals surface area contributed by atoms with Crippen LogP contribution in [-0.2, 0) is 4.74 Å². The lowest BCUT2D eigenvalue weighted by molar-refractivity contribution is -0.106. The molecule has 1 aromatic carbocycles. The van der Waals surface area contributed by atoms with Crippen LogP contribution in [0.15, 0.2) is 35.3 Å². The van der Waals surface area contributed by atoms with Crippen LogP contribution in [-0.4, -0.2) is 49.5 Å². The van der Waals surface area contributed by atoms with Gasteiger partial charge in [0.15, 0.2) is 5.96 Å². The fraction of sp³-hybridized carbons (Fsp3) is 0.650. The highest BCUT2D eigenvalue weighted by Crippen LogP contribution is 2.52. The number of aliphatic hydroxyl groups excluding tert-OH is 1. The van der Waals surface area contributed by atoms with Crippen molar-refractivity contribution in [2.24, 2.45) is 16.3 Å². The van der Waals surface area contributed by atoms with Crippen LogP contribution in [0.2, 0.25) is 0 Å². The Morgan fingerprint density at radius 2 is 2.12 bits per heavy atom. The standard InChI is InChI=1S/C20H31N3O2/c1-4-21-19(22-12-15(13-24)14-8-6-5-7-9-14)23-17-16-10-11-25-18(16)20(17,2)3/h5-9,15-18,24H,4,10-13H2,1-3H3,(H2,21,22,23). The van der Waals surface area contributed by atoms with Crippen LogP contribution >= 0.6 is 0 Å². The number of hydrogen-bond donors (Lipinski definition) is 3. The van der Waals surface area contributed by atoms with E-state index in [2.05, 4.69) is 31.4 Å². The number of aliphatic imine (C=N–C) groups is 1. The Bertz CT molecular complexity index is 588. The van der Waals surface area contributed by atoms with Crippen molar-refractivity contribution in [2.75, 3.05) is 26.3 Å². The third-order valence-electron chi connectivity index (χ3n) is 5.70. The zero-order valence-electron chi connectivity index (χ0n) is 15.5. The first kappa shape index (κ1) is 18.2. The van der Waals surface area contributed by atoms with Crippen molar-refractivity contribution < 1.29 is 9.84 Å². The van der Waals surface area contributed by atoms with Crippen LogP contribution in [0.4, 0.5) is 0 Å². The van der Waals surface area contributed by atoms with Crippen LogP contribution in [0.25, 0.3) is 0 Å². The second-order valence-corrected chi connectivity index (χ2v) is 7.70. The summed E-state index contributed by atoms with van der Waals surface area (Å²) in [4.78, 5) is 4.76. The number of hydrogen-bond acceptors (Lipinski definition) is 3. The first-order valence-corrected chi connectivity index (χ1v) is 9.40. The molecule has 4 atom stereocenters. The molecule has 4 unspecified atom stereocenters. The molecule has 25 heavy (non-hydrogen) atoms. The van der Waals surface area contributed by atoms with Crippen molar-refractivity contribution in [3.8, 4) is 0 Å². The molecular formula is C20H31N3O2. The quantitative estimate of drug-likeness (QED) is 0.546. The molecule has 3 N–H and O–H groups in total. The smallest absolute Gasteiger partial charge is 0.191 e. The first-order chi connectivity index (χ1) is 12.1. The molecule has 1 aromatic rings. The Kier molecular flexibility index (Phi) is 5.64. The van der Waals surface area contributed by atoms with Gasteiger partial charge in [0, 0.05) is 36.4 Å². The van der Waals surface area contributed by atoms with Crippen molar-refractivity contribution in [1.82, 2.24) is 10.6 Å². The molecule has 5 nitrogen and oxygen atoms in total. The Balaban J connectivity index is 1.67. The van der Waals surface area contributed by atoms with Gasteiger partial charge in [0.2, 0.25) is 0 Å². The minimum absolute atomic E-state index is 0.0219. The summed E-state index contributed by atoms with van der Waals surface area (Å²) in [5.74, 6) is 1.43. The summed E-state index contributed by atoms with van der Waals surface area (Å²) in [7, 11) is 0. The zero-order chi connectivity index (χ0) is 17.9. The highest BCUT2D eigenvalue weighted by molar-refractivity contribution is 5.80. The van der Waals surface area contributed by atoms with E-state index < -0.39 is 0 Å². The molecule has 1 saturated carbocycles. The Morgan fingerprint density at radius 3 is 2.80 bits per heavy atom. The molecule has 0 spiro atoms. The van der Waals surface area contributed by atoms with E-state index in [-0.39, 0.29) is 17.9 Å². The molecule has 0 bridgehead atoms. The average Bonchev–Trinajstić information content (AvgIpc) is 3.08. The summed E-state index contributed by atoms with van der Waals surface area (Å²) in [6.45, 7) is 8.95. The second-order valence-electron chi connectivity index (χ2n) is 7.70. The molecular weight excluding hydrogens is 314 g/mol. The molecule has 1 aliphatic carbocycles. The molecule has 138 valence electrons. The molecule has 2 fully saturated rings. The van der Waals surface area contributed by atoms with Gasteiger partial charge in [-0.15, -0.1) is 0 Å². The van der Waals surface area contributed by atoms with E-state index in [4.69, 9.17) is 9.73 Å². The molecule has 1 saturated heterocycles. The van der Waals surface area contributed by atoms with Crippen molar-refractivity contribution in [2.45, 2.75) is 45.3 Å². The van der Waals surface area contributed by atoms with Crippen LogP contribution < -0.4 is 10.6 Å². The molecule has 5 heteroatoms. The van der Waals surface area contributed by atoms with Crippen LogP contribution in [0.5, 0.6) is 0 Å². The minimum Gasteiger partial charge on any atom is -0.396 e. The highest BCUT2D eigenvalue weighted by Gasteiger charge is 2.59. The zero-order valence-corrected chi connectivity index (χ0v) is 15.5. The van der Waals surface area contributed by atoms with E-state index in [1.54, 1.807) is 0 Å². The number of nitrogens with one attached hydrogen (secondary N) is 2. The van der Waals surface area contributed by atoms with Crippen molar-refractivity contribution in [3.05, 3.63) is 35.9 Å². The number of benzene rings is 1. The third kappa shape index (κ3) is 3.67. The summed E-state index contributed by atoms with van der Waals surface area (Å²) >= 11 is 0. The van der Waals surface area contributed by atoms with Gasteiger partial charge in [0.25, 0.3) is 0 Å². The molecule has 3 rings (SSSR count). The number of nitrogens with zero attached hydrogens (tertiary/aromatic N) is 1. The summed E-state index contributed by atoms with van der Waals surface area (Å²) in [6.07, 6.45) is 1.48. The first-order valence-electron chi connectivity index (χ1n) is 9.40. The summed E-state index contributed by atoms with van der Waals surface area (Å²) in [5.41, 5.74) is 1.24. The maximum absolute atomic E-state index is 9.74. The van der Waals surface area contributed by atoms with Gasteiger partial charge in [-0.1, -0.05) is 44.2 Å². The monoisotopic (exact) mass is 345 g/mol. The van der Waals surface area contributed by atoms with E-state index in [9.17, 15) is 5.11 Å². The number of guanidine groups is 1. The Morgan fingerprint density at radius 1 is 1.36 bits per heavy atom. The van der Waals surface area contributed by atoms with Crippen LogP contribution in [0.1, 0.15) is 38.7 Å². The lowest BCUT2D eigenvalue weighted by Gasteiger charge is -2.54. The van der Waals surface area contributed by atoms with E-state index >= 15 is 0 Å². The fourth-order valence-corrected chi connectivity index (χ4v) is 4.28. The summed E-state index contributed by atoms with van der Waals surface area (Å²) in [5, 5.41) is 16.7. The largest absolute Gasteiger partial charge is 0.396 e. The van der Waals surface area contributed by atoms with E-state index in [0.717, 1.165) is 31.1 Å². The predicted molar refractivity (Wildman–Crippen MR) is 101 cm³/mol. The van der Waals surface area contributed by atoms with Crippen LogP contribution in [0, 0.1) is 11.3 Å². The topological polar surface area (TPSA) is 65.9 Å². The summed E-state index contributed by atoms with van der Waals surface area (Å²) in [6, 6.07) is 10.5. The second kappa shape index (κ2) is 7.75. The van der Waals surface area contributed by atoms with Crippen molar-refractivity contribution in [1.29, 1.82) is 0 Å². The van der Waals surface area contributed by atoms with Crippen LogP contribution in [0.3, 0.4) is 0 Å². The SMILES string of the molecule is CCNC(=NCC(CO)c1ccccc1)NC1C2CCOC2C1(C)C. The van der Waals surface area contributed by atoms with E-state index in [1.165, 1.54) is 0 Å². The molecule has 2 aliphatic rings. The maximum Gasteiger partial charge on any atom is 0.191 e.